The minimum atomic E-state index is -0.887. The highest BCUT2D eigenvalue weighted by Gasteiger charge is 2.23. The number of rotatable bonds is 7. The van der Waals surface area contributed by atoms with Gasteiger partial charge in [-0.25, -0.2) is 0 Å². The van der Waals surface area contributed by atoms with Crippen LogP contribution in [0.25, 0.3) is 0 Å². The maximum Gasteiger partial charge on any atom is 0.320 e. The number of carboxylic acid groups (broad SMARTS) is 1. The molecule has 0 spiro atoms. The molecule has 0 aliphatic rings. The van der Waals surface area contributed by atoms with E-state index in [2.05, 4.69) is 6.92 Å². The van der Waals surface area contributed by atoms with Gasteiger partial charge in [0.05, 0.1) is 0 Å². The Labute approximate surface area is 85.5 Å². The van der Waals surface area contributed by atoms with Crippen LogP contribution >= 0.6 is 0 Å². The second-order valence-corrected chi connectivity index (χ2v) is 3.59. The molecular weight excluding hydrogens is 182 g/mol. The lowest BCUT2D eigenvalue weighted by molar-refractivity contribution is -0.147. The molecule has 2 N–H and O–H groups in total. The number of aliphatic carboxylic acids is 1. The lowest BCUT2D eigenvalue weighted by Gasteiger charge is -2.28. The molecule has 0 saturated heterocycles. The first-order chi connectivity index (χ1) is 6.50. The highest BCUT2D eigenvalue weighted by Crippen LogP contribution is 2.07. The van der Waals surface area contributed by atoms with E-state index in [4.69, 9.17) is 5.11 Å². The second-order valence-electron chi connectivity index (χ2n) is 3.59. The zero-order chi connectivity index (χ0) is 11.1. The fraction of sp³-hybridized carbons (Fsp3) is 0.900. The summed E-state index contributed by atoms with van der Waals surface area (Å²) in [4.78, 5) is 12.3. The zero-order valence-corrected chi connectivity index (χ0v) is 9.23. The molecule has 0 bridgehead atoms. The Morgan fingerprint density at radius 1 is 1.36 bits per heavy atom. The molecule has 4 nitrogen and oxygen atoms in total. The van der Waals surface area contributed by atoms with Crippen LogP contribution in [0.3, 0.4) is 0 Å². The Kier molecular flexibility index (Phi) is 6.49. The van der Waals surface area contributed by atoms with E-state index < -0.39 is 18.2 Å². The summed E-state index contributed by atoms with van der Waals surface area (Å²) in [6.45, 7) is 5.93. The summed E-state index contributed by atoms with van der Waals surface area (Å²) >= 11 is 0. The molecule has 0 amide bonds. The summed E-state index contributed by atoms with van der Waals surface area (Å²) in [6, 6.07) is -0.619. The summed E-state index contributed by atoms with van der Waals surface area (Å²) in [5.41, 5.74) is 0. The van der Waals surface area contributed by atoms with Crippen molar-refractivity contribution in [2.24, 2.45) is 0 Å². The topological polar surface area (TPSA) is 60.8 Å². The molecule has 0 fully saturated rings. The van der Waals surface area contributed by atoms with Crippen molar-refractivity contribution in [3.05, 3.63) is 0 Å². The zero-order valence-electron chi connectivity index (χ0n) is 9.23. The number of hydrogen-bond acceptors (Lipinski definition) is 3. The molecule has 4 heteroatoms. The van der Waals surface area contributed by atoms with Crippen molar-refractivity contribution in [2.75, 3.05) is 6.54 Å². The predicted octanol–water partition coefficient (Wildman–Crippen LogP) is 1.29. The van der Waals surface area contributed by atoms with Gasteiger partial charge in [0.25, 0.3) is 0 Å². The van der Waals surface area contributed by atoms with Crippen molar-refractivity contribution >= 4 is 5.97 Å². The van der Waals surface area contributed by atoms with Gasteiger partial charge in [-0.3, -0.25) is 9.69 Å². The third-order valence-corrected chi connectivity index (χ3v) is 2.35. The maximum absolute atomic E-state index is 10.7. The quantitative estimate of drug-likeness (QED) is 0.483. The number of nitrogens with zero attached hydrogens (tertiary/aromatic N) is 1. The molecule has 2 atom stereocenters. The van der Waals surface area contributed by atoms with Gasteiger partial charge >= 0.3 is 5.97 Å². The number of carboxylic acids is 1. The van der Waals surface area contributed by atoms with Gasteiger partial charge in [-0.1, -0.05) is 19.8 Å². The molecule has 0 saturated carbocycles. The maximum atomic E-state index is 10.7. The first-order valence-corrected chi connectivity index (χ1v) is 5.17. The van der Waals surface area contributed by atoms with Gasteiger partial charge in [-0.05, 0) is 20.3 Å². The fourth-order valence-corrected chi connectivity index (χ4v) is 1.39. The summed E-state index contributed by atoms with van der Waals surface area (Å²) < 4.78 is 0. The van der Waals surface area contributed by atoms with Crippen LogP contribution in [0.2, 0.25) is 0 Å². The van der Waals surface area contributed by atoms with Crippen LogP contribution in [0.4, 0.5) is 0 Å². The summed E-state index contributed by atoms with van der Waals surface area (Å²) in [7, 11) is 0. The SMILES string of the molecule is CCCCCN(C(C)O)C(C)C(=O)O. The first-order valence-electron chi connectivity index (χ1n) is 5.17. The highest BCUT2D eigenvalue weighted by molar-refractivity contribution is 5.72. The average molecular weight is 203 g/mol. The molecule has 84 valence electrons. The Morgan fingerprint density at radius 3 is 2.29 bits per heavy atom. The smallest absolute Gasteiger partial charge is 0.320 e. The van der Waals surface area contributed by atoms with Gasteiger partial charge in [-0.15, -0.1) is 0 Å². The van der Waals surface area contributed by atoms with Crippen LogP contribution in [0.15, 0.2) is 0 Å². The summed E-state index contributed by atoms with van der Waals surface area (Å²) in [6.07, 6.45) is 2.39. The molecule has 0 aromatic carbocycles. The minimum absolute atomic E-state index is 0.619. The standard InChI is InChI=1S/C10H21NO3/c1-4-5-6-7-11(9(3)12)8(2)10(13)14/h8-9,12H,4-7H2,1-3H3,(H,13,14). The van der Waals surface area contributed by atoms with E-state index in [1.54, 1.807) is 18.7 Å². The fourth-order valence-electron chi connectivity index (χ4n) is 1.39. The van der Waals surface area contributed by atoms with Crippen molar-refractivity contribution < 1.29 is 15.0 Å². The summed E-state index contributed by atoms with van der Waals surface area (Å²) in [5.74, 6) is -0.887. The number of aliphatic hydroxyl groups is 1. The van der Waals surface area contributed by atoms with Crippen LogP contribution in [-0.2, 0) is 4.79 Å². The van der Waals surface area contributed by atoms with Crippen molar-refractivity contribution in [1.82, 2.24) is 4.90 Å². The lowest BCUT2D eigenvalue weighted by atomic mass is 10.2. The predicted molar refractivity (Wildman–Crippen MR) is 55.0 cm³/mol. The summed E-state index contributed by atoms with van der Waals surface area (Å²) in [5, 5.41) is 18.2. The van der Waals surface area contributed by atoms with Gasteiger partial charge in [0.2, 0.25) is 0 Å². The highest BCUT2D eigenvalue weighted by atomic mass is 16.4. The Bertz CT molecular complexity index is 171. The molecule has 0 aromatic heterocycles. The van der Waals surface area contributed by atoms with Crippen molar-refractivity contribution in [3.63, 3.8) is 0 Å². The number of carbonyl (C=O) groups is 1. The second kappa shape index (κ2) is 6.79. The molecule has 0 heterocycles. The van der Waals surface area contributed by atoms with Crippen LogP contribution in [-0.4, -0.2) is 39.9 Å². The van der Waals surface area contributed by atoms with E-state index in [9.17, 15) is 9.90 Å². The molecule has 0 aliphatic carbocycles. The van der Waals surface area contributed by atoms with Gasteiger partial charge in [-0.2, -0.15) is 0 Å². The molecule has 0 aromatic rings. The van der Waals surface area contributed by atoms with Gasteiger partial charge in [0.1, 0.15) is 12.3 Å². The van der Waals surface area contributed by atoms with Crippen LogP contribution in [0.1, 0.15) is 40.0 Å². The minimum Gasteiger partial charge on any atom is -0.480 e. The molecule has 2 unspecified atom stereocenters. The van der Waals surface area contributed by atoms with Gasteiger partial charge < -0.3 is 10.2 Å². The van der Waals surface area contributed by atoms with E-state index in [0.717, 1.165) is 19.3 Å². The van der Waals surface area contributed by atoms with E-state index in [0.29, 0.717) is 6.54 Å². The van der Waals surface area contributed by atoms with Crippen molar-refractivity contribution in [1.29, 1.82) is 0 Å². The lowest BCUT2D eigenvalue weighted by Crippen LogP contribution is -2.45. The average Bonchev–Trinajstić information content (AvgIpc) is 2.10. The van der Waals surface area contributed by atoms with E-state index in [1.165, 1.54) is 0 Å². The molecule has 14 heavy (non-hydrogen) atoms. The van der Waals surface area contributed by atoms with Gasteiger partial charge in [0, 0.05) is 6.54 Å². The Morgan fingerprint density at radius 2 is 1.93 bits per heavy atom. The van der Waals surface area contributed by atoms with Gasteiger partial charge in [0.15, 0.2) is 0 Å². The molecular formula is C10H21NO3. The van der Waals surface area contributed by atoms with E-state index in [-0.39, 0.29) is 0 Å². The van der Waals surface area contributed by atoms with Crippen LogP contribution in [0, 0.1) is 0 Å². The Balaban J connectivity index is 4.08. The normalized spacial score (nSPS) is 15.5. The third kappa shape index (κ3) is 4.58. The number of aliphatic hydroxyl groups excluding tert-OH is 1. The first kappa shape index (κ1) is 13.4. The molecule has 0 aliphatic heterocycles. The third-order valence-electron chi connectivity index (χ3n) is 2.35. The van der Waals surface area contributed by atoms with Crippen molar-refractivity contribution in [2.45, 2.75) is 52.3 Å². The number of unbranched alkanes of at least 4 members (excludes halogenated alkanes) is 2. The number of hydrogen-bond donors (Lipinski definition) is 2. The van der Waals surface area contributed by atoms with Crippen molar-refractivity contribution in [3.8, 4) is 0 Å². The van der Waals surface area contributed by atoms with E-state index in [1.807, 2.05) is 0 Å². The van der Waals surface area contributed by atoms with E-state index >= 15 is 0 Å². The molecule has 0 rings (SSSR count). The largest absolute Gasteiger partial charge is 0.480 e. The van der Waals surface area contributed by atoms with Crippen LogP contribution in [0.5, 0.6) is 0 Å². The monoisotopic (exact) mass is 203 g/mol. The van der Waals surface area contributed by atoms with Crippen LogP contribution < -0.4 is 0 Å². The Hall–Kier alpha value is -0.610. The molecule has 0 radical (unpaired) electrons.